The van der Waals surface area contributed by atoms with Gasteiger partial charge in [-0.05, 0) is 25.8 Å². The Balaban J connectivity index is 1.53. The Morgan fingerprint density at radius 1 is 1.22 bits per heavy atom. The van der Waals surface area contributed by atoms with Gasteiger partial charge in [0.1, 0.15) is 18.1 Å². The van der Waals surface area contributed by atoms with Gasteiger partial charge >= 0.3 is 0 Å². The lowest BCUT2D eigenvalue weighted by Crippen LogP contribution is -2.45. The van der Waals surface area contributed by atoms with Crippen molar-refractivity contribution in [2.75, 3.05) is 6.61 Å². The average Bonchev–Trinajstić information content (AvgIpc) is 3.31. The number of aromatic nitrogens is 3. The fourth-order valence-corrected chi connectivity index (χ4v) is 3.46. The van der Waals surface area contributed by atoms with E-state index in [1.54, 1.807) is 0 Å². The first-order chi connectivity index (χ1) is 13.2. The van der Waals surface area contributed by atoms with Crippen LogP contribution in [0.4, 0.5) is 0 Å². The zero-order valence-electron chi connectivity index (χ0n) is 15.9. The summed E-state index contributed by atoms with van der Waals surface area (Å²) in [5, 5.41) is 15.5. The second-order valence-corrected chi connectivity index (χ2v) is 7.04. The molecule has 0 amide bonds. The minimum Gasteiger partial charge on any atom is -0.493 e. The minimum absolute atomic E-state index is 0.178. The molecule has 2 N–H and O–H groups in total. The van der Waals surface area contributed by atoms with Gasteiger partial charge in [-0.15, -0.1) is 10.2 Å². The van der Waals surface area contributed by atoms with Crippen molar-refractivity contribution < 1.29 is 4.74 Å². The highest BCUT2D eigenvalue weighted by molar-refractivity contribution is 5.80. The smallest absolute Gasteiger partial charge is 0.192 e. The third-order valence-corrected chi connectivity index (χ3v) is 5.18. The van der Waals surface area contributed by atoms with E-state index in [2.05, 4.69) is 45.1 Å². The number of ether oxygens (including phenoxy) is 1. The molecule has 0 fully saturated rings. The van der Waals surface area contributed by atoms with Gasteiger partial charge in [-0.25, -0.2) is 4.99 Å². The number of fused-ring (bicyclic) bond motifs is 1. The maximum absolute atomic E-state index is 5.78. The molecule has 142 valence electrons. The van der Waals surface area contributed by atoms with Gasteiger partial charge in [0.2, 0.25) is 0 Å². The number of para-hydroxylation sites is 1. The molecule has 2 heterocycles. The van der Waals surface area contributed by atoms with Crippen LogP contribution >= 0.6 is 0 Å². The van der Waals surface area contributed by atoms with E-state index in [1.165, 1.54) is 5.56 Å². The molecule has 2 aromatic rings. The molecule has 7 heteroatoms. The lowest BCUT2D eigenvalue weighted by molar-refractivity contribution is 0.261. The number of benzene rings is 1. The topological polar surface area (TPSA) is 76.4 Å². The van der Waals surface area contributed by atoms with Gasteiger partial charge < -0.3 is 19.9 Å². The highest BCUT2D eigenvalue weighted by atomic mass is 16.5. The molecule has 1 unspecified atom stereocenters. The number of aryl methyl sites for hydroxylation is 1. The average molecular weight is 366 g/mol. The standard InChI is InChI=1S/C20H26N6O/c1-14-24-25-19(26(14)2)13-21-20(22-15-7-3-4-8-15)23-17-11-12-27-18-10-6-5-9-16(17)18/h3-6,9-10,15,17H,7-8,11-13H2,1-2H3,(H2,21,22,23). The van der Waals surface area contributed by atoms with Crippen molar-refractivity contribution in [2.24, 2.45) is 12.0 Å². The molecule has 0 saturated carbocycles. The van der Waals surface area contributed by atoms with Crippen molar-refractivity contribution in [2.45, 2.75) is 44.8 Å². The molecule has 0 bridgehead atoms. The van der Waals surface area contributed by atoms with E-state index < -0.39 is 0 Å². The van der Waals surface area contributed by atoms with E-state index in [1.807, 2.05) is 30.7 Å². The van der Waals surface area contributed by atoms with Gasteiger partial charge in [-0.2, -0.15) is 0 Å². The molecule has 0 spiro atoms. The van der Waals surface area contributed by atoms with Crippen LogP contribution in [0, 0.1) is 6.92 Å². The molecule has 1 aromatic heterocycles. The molecule has 1 aromatic carbocycles. The summed E-state index contributed by atoms with van der Waals surface area (Å²) in [6.07, 6.45) is 7.38. The van der Waals surface area contributed by atoms with Crippen LogP contribution in [0.5, 0.6) is 5.75 Å². The predicted octanol–water partition coefficient (Wildman–Crippen LogP) is 2.40. The molecular weight excluding hydrogens is 340 g/mol. The second kappa shape index (κ2) is 7.82. The van der Waals surface area contributed by atoms with Gasteiger partial charge in [-0.3, -0.25) is 0 Å². The Morgan fingerprint density at radius 3 is 2.81 bits per heavy atom. The van der Waals surface area contributed by atoms with Gasteiger partial charge in [-0.1, -0.05) is 30.4 Å². The first kappa shape index (κ1) is 17.6. The first-order valence-electron chi connectivity index (χ1n) is 9.50. The summed E-state index contributed by atoms with van der Waals surface area (Å²) < 4.78 is 7.76. The normalized spacial score (nSPS) is 19.6. The van der Waals surface area contributed by atoms with Crippen molar-refractivity contribution in [3.8, 4) is 5.75 Å². The lowest BCUT2D eigenvalue weighted by atomic mass is 10.0. The molecule has 7 nitrogen and oxygen atoms in total. The first-order valence-corrected chi connectivity index (χ1v) is 9.50. The minimum atomic E-state index is 0.178. The lowest BCUT2D eigenvalue weighted by Gasteiger charge is -2.29. The third-order valence-electron chi connectivity index (χ3n) is 5.18. The van der Waals surface area contributed by atoms with Gasteiger partial charge in [0, 0.05) is 25.1 Å². The summed E-state index contributed by atoms with van der Waals surface area (Å²) in [5.74, 6) is 3.50. The quantitative estimate of drug-likeness (QED) is 0.494. The fourth-order valence-electron chi connectivity index (χ4n) is 3.46. The highest BCUT2D eigenvalue weighted by Gasteiger charge is 2.23. The van der Waals surface area contributed by atoms with Gasteiger partial charge in [0.25, 0.3) is 0 Å². The molecule has 1 aliphatic carbocycles. The summed E-state index contributed by atoms with van der Waals surface area (Å²) in [4.78, 5) is 4.80. The predicted molar refractivity (Wildman–Crippen MR) is 105 cm³/mol. The maximum atomic E-state index is 5.78. The third kappa shape index (κ3) is 3.97. The van der Waals surface area contributed by atoms with Crippen LogP contribution < -0.4 is 15.4 Å². The number of hydrogen-bond donors (Lipinski definition) is 2. The number of nitrogens with zero attached hydrogens (tertiary/aromatic N) is 4. The second-order valence-electron chi connectivity index (χ2n) is 7.04. The summed E-state index contributed by atoms with van der Waals surface area (Å²) in [6.45, 7) is 3.13. The van der Waals surface area contributed by atoms with Crippen molar-refractivity contribution in [1.29, 1.82) is 0 Å². The van der Waals surface area contributed by atoms with E-state index >= 15 is 0 Å². The number of hydrogen-bond acceptors (Lipinski definition) is 4. The molecule has 27 heavy (non-hydrogen) atoms. The van der Waals surface area contributed by atoms with Crippen molar-refractivity contribution in [3.63, 3.8) is 0 Å². The van der Waals surface area contributed by atoms with E-state index in [4.69, 9.17) is 9.73 Å². The van der Waals surface area contributed by atoms with Crippen molar-refractivity contribution in [1.82, 2.24) is 25.4 Å². The molecule has 1 aliphatic heterocycles. The summed E-state index contributed by atoms with van der Waals surface area (Å²) in [6, 6.07) is 8.76. The molecule has 4 rings (SSSR count). The summed E-state index contributed by atoms with van der Waals surface area (Å²) in [5.41, 5.74) is 1.18. The van der Waals surface area contributed by atoms with Crippen molar-refractivity contribution >= 4 is 5.96 Å². The monoisotopic (exact) mass is 366 g/mol. The van der Waals surface area contributed by atoms with E-state index in [0.29, 0.717) is 19.2 Å². The number of guanidine groups is 1. The zero-order valence-corrected chi connectivity index (χ0v) is 15.9. The highest BCUT2D eigenvalue weighted by Crippen LogP contribution is 2.31. The van der Waals surface area contributed by atoms with Crippen LogP contribution in [0.2, 0.25) is 0 Å². The molecule has 2 aliphatic rings. The summed E-state index contributed by atoms with van der Waals surface area (Å²) in [7, 11) is 1.97. The molecule has 0 radical (unpaired) electrons. The largest absolute Gasteiger partial charge is 0.493 e. The Kier molecular flexibility index (Phi) is 5.09. The zero-order chi connectivity index (χ0) is 18.6. The van der Waals surface area contributed by atoms with Crippen LogP contribution in [0.15, 0.2) is 41.4 Å². The van der Waals surface area contributed by atoms with E-state index in [9.17, 15) is 0 Å². The van der Waals surface area contributed by atoms with E-state index in [-0.39, 0.29) is 6.04 Å². The number of aliphatic imine (C=N–C) groups is 1. The molecule has 0 saturated heterocycles. The Morgan fingerprint density at radius 2 is 2.04 bits per heavy atom. The van der Waals surface area contributed by atoms with Crippen LogP contribution in [0.3, 0.4) is 0 Å². The molecular formula is C20H26N6O. The molecule has 1 atom stereocenters. The van der Waals surface area contributed by atoms with Crippen LogP contribution in [0.1, 0.15) is 42.5 Å². The maximum Gasteiger partial charge on any atom is 0.192 e. The van der Waals surface area contributed by atoms with E-state index in [0.717, 1.165) is 42.6 Å². The number of rotatable bonds is 4. The SMILES string of the molecule is Cc1nnc(CN=C(NC2CC=CC2)NC2CCOc3ccccc32)n1C. The Bertz CT molecular complexity index is 848. The van der Waals surface area contributed by atoms with Gasteiger partial charge in [0.15, 0.2) is 11.8 Å². The Labute approximate surface area is 159 Å². The Hall–Kier alpha value is -2.83. The van der Waals surface area contributed by atoms with Crippen LogP contribution in [-0.4, -0.2) is 33.4 Å². The van der Waals surface area contributed by atoms with Crippen LogP contribution in [0.25, 0.3) is 0 Å². The van der Waals surface area contributed by atoms with Crippen molar-refractivity contribution in [3.05, 3.63) is 53.6 Å². The summed E-state index contributed by atoms with van der Waals surface area (Å²) >= 11 is 0. The fraction of sp³-hybridized carbons (Fsp3) is 0.450. The van der Waals surface area contributed by atoms with Crippen LogP contribution in [-0.2, 0) is 13.6 Å². The number of nitrogens with one attached hydrogen (secondary N) is 2. The van der Waals surface area contributed by atoms with Gasteiger partial charge in [0.05, 0.1) is 12.6 Å².